The number of nitrogens with one attached hydrogen (secondary N) is 1. The van der Waals surface area contributed by atoms with Gasteiger partial charge in [0.1, 0.15) is 0 Å². The predicted molar refractivity (Wildman–Crippen MR) is 111 cm³/mol. The number of amides is 1. The fourth-order valence-electron chi connectivity index (χ4n) is 2.68. The van der Waals surface area contributed by atoms with E-state index in [4.69, 9.17) is 5.11 Å². The monoisotopic (exact) mass is 427 g/mol. The highest BCUT2D eigenvalue weighted by atomic mass is 32.2. The third-order valence-corrected chi connectivity index (χ3v) is 5.06. The zero-order valence-electron chi connectivity index (χ0n) is 15.8. The minimum Gasteiger partial charge on any atom is -0.478 e. The second kappa shape index (κ2) is 9.18. The van der Waals surface area contributed by atoms with Crippen molar-refractivity contribution in [2.24, 2.45) is 0 Å². The SMILES string of the molecule is CCn1c(SCC(=O)Nc2ccc(C(=O)O)cc2)nnc1-c1cccc([N+](=O)[O-])c1. The fourth-order valence-corrected chi connectivity index (χ4v) is 3.48. The molecule has 30 heavy (non-hydrogen) atoms. The van der Waals surface area contributed by atoms with Crippen molar-refractivity contribution < 1.29 is 19.6 Å². The Bertz CT molecular complexity index is 1100. The van der Waals surface area contributed by atoms with Gasteiger partial charge in [-0.1, -0.05) is 23.9 Å². The van der Waals surface area contributed by atoms with Gasteiger partial charge in [-0.25, -0.2) is 4.79 Å². The molecule has 0 saturated heterocycles. The van der Waals surface area contributed by atoms with Gasteiger partial charge in [-0.15, -0.1) is 10.2 Å². The summed E-state index contributed by atoms with van der Waals surface area (Å²) in [6.07, 6.45) is 0. The molecule has 0 aliphatic rings. The van der Waals surface area contributed by atoms with Crippen molar-refractivity contribution in [2.45, 2.75) is 18.6 Å². The first kappa shape index (κ1) is 21.0. The normalized spacial score (nSPS) is 10.6. The zero-order chi connectivity index (χ0) is 21.7. The Morgan fingerprint density at radius 1 is 1.20 bits per heavy atom. The Labute approximate surface area is 175 Å². The highest BCUT2D eigenvalue weighted by Gasteiger charge is 2.17. The first-order valence-electron chi connectivity index (χ1n) is 8.83. The lowest BCUT2D eigenvalue weighted by Crippen LogP contribution is -2.14. The van der Waals surface area contributed by atoms with Crippen LogP contribution in [-0.4, -0.2) is 42.4 Å². The summed E-state index contributed by atoms with van der Waals surface area (Å²) in [6.45, 7) is 2.41. The first-order chi connectivity index (χ1) is 14.4. The van der Waals surface area contributed by atoms with Gasteiger partial charge >= 0.3 is 5.97 Å². The molecule has 0 fully saturated rings. The van der Waals surface area contributed by atoms with Crippen LogP contribution in [0.2, 0.25) is 0 Å². The van der Waals surface area contributed by atoms with Gasteiger partial charge in [0.15, 0.2) is 11.0 Å². The third-order valence-electron chi connectivity index (χ3n) is 4.10. The van der Waals surface area contributed by atoms with Gasteiger partial charge in [-0.3, -0.25) is 14.9 Å². The maximum Gasteiger partial charge on any atom is 0.335 e. The van der Waals surface area contributed by atoms with Crippen LogP contribution in [-0.2, 0) is 11.3 Å². The van der Waals surface area contributed by atoms with Crippen LogP contribution in [0.5, 0.6) is 0 Å². The molecule has 2 N–H and O–H groups in total. The van der Waals surface area contributed by atoms with Crippen LogP contribution < -0.4 is 5.32 Å². The summed E-state index contributed by atoms with van der Waals surface area (Å²) in [5.41, 5.74) is 1.14. The van der Waals surface area contributed by atoms with Crippen molar-refractivity contribution in [1.29, 1.82) is 0 Å². The van der Waals surface area contributed by atoms with Gasteiger partial charge in [0.25, 0.3) is 5.69 Å². The van der Waals surface area contributed by atoms with E-state index >= 15 is 0 Å². The first-order valence-corrected chi connectivity index (χ1v) is 9.81. The average molecular weight is 427 g/mol. The average Bonchev–Trinajstić information content (AvgIpc) is 3.15. The number of non-ortho nitro benzene ring substituents is 1. The molecule has 1 heterocycles. The lowest BCUT2D eigenvalue weighted by Gasteiger charge is -2.08. The molecule has 10 nitrogen and oxygen atoms in total. The van der Waals surface area contributed by atoms with Crippen molar-refractivity contribution in [3.63, 3.8) is 0 Å². The summed E-state index contributed by atoms with van der Waals surface area (Å²) in [7, 11) is 0. The minimum absolute atomic E-state index is 0.0411. The van der Waals surface area contributed by atoms with E-state index in [0.29, 0.717) is 28.8 Å². The van der Waals surface area contributed by atoms with E-state index < -0.39 is 10.9 Å². The number of thioether (sulfide) groups is 1. The third kappa shape index (κ3) is 4.81. The van der Waals surface area contributed by atoms with E-state index in [9.17, 15) is 19.7 Å². The molecule has 0 radical (unpaired) electrons. The van der Waals surface area contributed by atoms with Gasteiger partial charge in [-0.05, 0) is 31.2 Å². The second-order valence-corrected chi connectivity index (χ2v) is 7.02. The Balaban J connectivity index is 1.68. The topological polar surface area (TPSA) is 140 Å². The van der Waals surface area contributed by atoms with Gasteiger partial charge in [0.2, 0.25) is 5.91 Å². The van der Waals surface area contributed by atoms with E-state index in [2.05, 4.69) is 15.5 Å². The molecule has 0 atom stereocenters. The largest absolute Gasteiger partial charge is 0.478 e. The maximum atomic E-state index is 12.2. The highest BCUT2D eigenvalue weighted by molar-refractivity contribution is 7.99. The molecule has 0 aliphatic carbocycles. The van der Waals surface area contributed by atoms with Crippen molar-refractivity contribution in [2.75, 3.05) is 11.1 Å². The Morgan fingerprint density at radius 3 is 2.57 bits per heavy atom. The summed E-state index contributed by atoms with van der Waals surface area (Å²) in [5, 5.41) is 31.3. The molecule has 0 unspecified atom stereocenters. The number of carbonyl (C=O) groups is 2. The summed E-state index contributed by atoms with van der Waals surface area (Å²) in [6, 6.07) is 12.0. The lowest BCUT2D eigenvalue weighted by atomic mass is 10.2. The number of carboxylic acids is 1. The summed E-state index contributed by atoms with van der Waals surface area (Å²) < 4.78 is 1.78. The molecule has 1 aromatic heterocycles. The summed E-state index contributed by atoms with van der Waals surface area (Å²) in [5.74, 6) is -0.783. The number of hydrogen-bond donors (Lipinski definition) is 2. The van der Waals surface area contributed by atoms with Crippen LogP contribution in [0.4, 0.5) is 11.4 Å². The molecular weight excluding hydrogens is 410 g/mol. The number of hydrogen-bond acceptors (Lipinski definition) is 7. The van der Waals surface area contributed by atoms with Gasteiger partial charge < -0.3 is 15.0 Å². The van der Waals surface area contributed by atoms with Crippen molar-refractivity contribution in [3.05, 3.63) is 64.2 Å². The predicted octanol–water partition coefficient (Wildman–Crippen LogP) is 3.30. The molecule has 3 rings (SSSR count). The van der Waals surface area contributed by atoms with Gasteiger partial charge in [0, 0.05) is 29.9 Å². The van der Waals surface area contributed by atoms with Crippen molar-refractivity contribution in [1.82, 2.24) is 14.8 Å². The number of aromatic nitrogens is 3. The van der Waals surface area contributed by atoms with Crippen LogP contribution in [0, 0.1) is 10.1 Å². The smallest absolute Gasteiger partial charge is 0.335 e. The summed E-state index contributed by atoms with van der Waals surface area (Å²) in [4.78, 5) is 33.6. The second-order valence-electron chi connectivity index (χ2n) is 6.08. The zero-order valence-corrected chi connectivity index (χ0v) is 16.6. The van der Waals surface area contributed by atoms with Crippen LogP contribution in [0.25, 0.3) is 11.4 Å². The number of nitro groups is 1. The molecule has 1 amide bonds. The Kier molecular flexibility index (Phi) is 6.42. The number of carbonyl (C=O) groups excluding carboxylic acids is 1. The molecule has 154 valence electrons. The van der Waals surface area contributed by atoms with E-state index in [1.165, 1.54) is 48.2 Å². The number of anilines is 1. The molecule has 0 saturated carbocycles. The van der Waals surface area contributed by atoms with Crippen LogP contribution in [0.1, 0.15) is 17.3 Å². The van der Waals surface area contributed by atoms with Crippen molar-refractivity contribution >= 4 is 35.0 Å². The van der Waals surface area contributed by atoms with Gasteiger partial charge in [-0.2, -0.15) is 0 Å². The fraction of sp³-hybridized carbons (Fsp3) is 0.158. The number of aromatic carboxylic acids is 1. The number of nitro benzene ring substituents is 1. The van der Waals surface area contributed by atoms with Crippen LogP contribution >= 0.6 is 11.8 Å². The summed E-state index contributed by atoms with van der Waals surface area (Å²) >= 11 is 1.18. The number of rotatable bonds is 8. The quantitative estimate of drug-likeness (QED) is 0.317. The Morgan fingerprint density at radius 2 is 1.93 bits per heavy atom. The number of nitrogens with zero attached hydrogens (tertiary/aromatic N) is 4. The minimum atomic E-state index is -1.04. The van der Waals surface area contributed by atoms with Crippen LogP contribution in [0.15, 0.2) is 53.7 Å². The number of benzene rings is 2. The van der Waals surface area contributed by atoms with E-state index in [0.717, 1.165) is 0 Å². The molecule has 11 heteroatoms. The van der Waals surface area contributed by atoms with E-state index in [1.807, 2.05) is 6.92 Å². The molecule has 0 bridgehead atoms. The maximum absolute atomic E-state index is 12.2. The van der Waals surface area contributed by atoms with E-state index in [-0.39, 0.29) is 22.9 Å². The highest BCUT2D eigenvalue weighted by Crippen LogP contribution is 2.26. The molecule has 0 spiro atoms. The van der Waals surface area contributed by atoms with Gasteiger partial charge in [0.05, 0.1) is 16.2 Å². The lowest BCUT2D eigenvalue weighted by molar-refractivity contribution is -0.384. The molecule has 0 aliphatic heterocycles. The van der Waals surface area contributed by atoms with Crippen molar-refractivity contribution in [3.8, 4) is 11.4 Å². The molecule has 2 aromatic carbocycles. The standard InChI is InChI=1S/C19H17N5O5S/c1-2-23-17(13-4-3-5-15(10-13)24(28)29)21-22-19(23)30-11-16(25)20-14-8-6-12(7-9-14)18(26)27/h3-10H,2,11H2,1H3,(H,20,25)(H,26,27). The number of carboxylic acid groups (broad SMARTS) is 1. The Hall–Kier alpha value is -3.73. The molecule has 3 aromatic rings. The van der Waals surface area contributed by atoms with Crippen LogP contribution in [0.3, 0.4) is 0 Å². The van der Waals surface area contributed by atoms with E-state index in [1.54, 1.807) is 16.7 Å². The molecular formula is C19H17N5O5S.